The van der Waals surface area contributed by atoms with Crippen molar-refractivity contribution in [1.29, 1.82) is 0 Å². The number of allylic oxidation sites excluding steroid dienone is 2. The van der Waals surface area contributed by atoms with E-state index in [9.17, 15) is 9.59 Å². The molecule has 0 aromatic heterocycles. The molecule has 0 aromatic rings. The van der Waals surface area contributed by atoms with Gasteiger partial charge in [-0.1, -0.05) is 18.2 Å². The molecule has 2 bridgehead atoms. The lowest BCUT2D eigenvalue weighted by Gasteiger charge is -2.21. The van der Waals surface area contributed by atoms with E-state index in [-0.39, 0.29) is 30.1 Å². The van der Waals surface area contributed by atoms with Crippen LogP contribution in [0.15, 0.2) is 35.5 Å². The molecule has 0 N–H and O–H groups in total. The molecule has 0 amide bonds. The Morgan fingerprint density at radius 2 is 2.05 bits per heavy atom. The average molecular weight is 260 g/mol. The molecular weight excluding hydrogens is 244 g/mol. The van der Waals surface area contributed by atoms with E-state index < -0.39 is 0 Å². The Bertz CT molecular complexity index is 526. The third kappa shape index (κ3) is 2.01. The molecule has 2 saturated heterocycles. The zero-order chi connectivity index (χ0) is 13.6. The minimum Gasteiger partial charge on any atom is -0.458 e. The van der Waals surface area contributed by atoms with E-state index in [1.54, 1.807) is 0 Å². The monoisotopic (exact) mass is 260 g/mol. The maximum Gasteiger partial charge on any atom is 0.334 e. The van der Waals surface area contributed by atoms with Crippen LogP contribution in [0.25, 0.3) is 0 Å². The lowest BCUT2D eigenvalue weighted by molar-refractivity contribution is -0.141. The van der Waals surface area contributed by atoms with Crippen LogP contribution in [0.1, 0.15) is 26.2 Å². The Kier molecular flexibility index (Phi) is 2.81. The lowest BCUT2D eigenvalue weighted by atomic mass is 9.87. The van der Waals surface area contributed by atoms with Crippen LogP contribution in [0.2, 0.25) is 0 Å². The Morgan fingerprint density at radius 1 is 1.26 bits per heavy atom. The topological polar surface area (TPSA) is 52.6 Å². The normalized spacial score (nSPS) is 36.9. The zero-order valence-corrected chi connectivity index (χ0v) is 10.8. The van der Waals surface area contributed by atoms with E-state index in [0.717, 1.165) is 18.4 Å². The smallest absolute Gasteiger partial charge is 0.334 e. The first-order valence-corrected chi connectivity index (χ1v) is 6.53. The van der Waals surface area contributed by atoms with Crippen LogP contribution >= 0.6 is 0 Å². The van der Waals surface area contributed by atoms with Crippen LogP contribution in [0.3, 0.4) is 0 Å². The van der Waals surface area contributed by atoms with Gasteiger partial charge in [0, 0.05) is 17.6 Å². The number of carbonyl (C=O) groups is 2. The molecular formula is C15H16O4. The van der Waals surface area contributed by atoms with Gasteiger partial charge in [0.15, 0.2) is 0 Å². The van der Waals surface area contributed by atoms with E-state index in [1.165, 1.54) is 0 Å². The third-order valence-electron chi connectivity index (χ3n) is 3.98. The highest BCUT2D eigenvalue weighted by molar-refractivity contribution is 5.93. The number of fused-ring (bicyclic) bond motifs is 4. The fraction of sp³-hybridized carbons (Fsp3) is 0.467. The molecule has 100 valence electrons. The molecule has 0 radical (unpaired) electrons. The van der Waals surface area contributed by atoms with Gasteiger partial charge < -0.3 is 9.47 Å². The summed E-state index contributed by atoms with van der Waals surface area (Å²) in [5.41, 5.74) is 2.28. The van der Waals surface area contributed by atoms with E-state index in [4.69, 9.17) is 9.47 Å². The summed E-state index contributed by atoms with van der Waals surface area (Å²) in [5.74, 6) is -0.905. The van der Waals surface area contributed by atoms with Gasteiger partial charge in [-0.25, -0.2) is 9.59 Å². The molecule has 19 heavy (non-hydrogen) atoms. The van der Waals surface area contributed by atoms with Crippen LogP contribution in [0.4, 0.5) is 0 Å². The number of carbonyl (C=O) groups excluding carboxylic acids is 2. The zero-order valence-electron chi connectivity index (χ0n) is 10.8. The van der Waals surface area contributed by atoms with Crippen molar-refractivity contribution in [3.63, 3.8) is 0 Å². The van der Waals surface area contributed by atoms with E-state index in [2.05, 4.69) is 6.58 Å². The number of hydrogen-bond donors (Lipinski definition) is 0. The first-order chi connectivity index (χ1) is 9.06. The standard InChI is InChI=1S/C15H16O4/c1-8-4-3-5-10-7-12(19-15(10)17)13-9(2)14(16)18-11(13)6-8/h5-6,11-13H,2-4,7H2,1H3/b8-6-,10-5?/t11-,12-,13+/m1/s1. The molecule has 0 saturated carbocycles. The van der Waals surface area contributed by atoms with E-state index in [1.807, 2.05) is 19.1 Å². The molecule has 3 aliphatic rings. The maximum absolute atomic E-state index is 11.8. The maximum atomic E-state index is 11.8. The number of esters is 2. The second-order valence-electron chi connectivity index (χ2n) is 5.35. The molecule has 1 aliphatic carbocycles. The predicted molar refractivity (Wildman–Crippen MR) is 68.1 cm³/mol. The summed E-state index contributed by atoms with van der Waals surface area (Å²) in [6, 6.07) is 0. The van der Waals surface area contributed by atoms with Crippen molar-refractivity contribution < 1.29 is 19.1 Å². The van der Waals surface area contributed by atoms with Crippen molar-refractivity contribution in [3.8, 4) is 0 Å². The van der Waals surface area contributed by atoms with Crippen molar-refractivity contribution in [2.45, 2.75) is 38.4 Å². The highest BCUT2D eigenvalue weighted by atomic mass is 16.6. The van der Waals surface area contributed by atoms with E-state index in [0.29, 0.717) is 17.6 Å². The molecule has 4 nitrogen and oxygen atoms in total. The van der Waals surface area contributed by atoms with Gasteiger partial charge in [-0.15, -0.1) is 0 Å². The van der Waals surface area contributed by atoms with Crippen molar-refractivity contribution >= 4 is 11.9 Å². The fourth-order valence-corrected chi connectivity index (χ4v) is 2.94. The van der Waals surface area contributed by atoms with Crippen molar-refractivity contribution in [2.24, 2.45) is 5.92 Å². The summed E-state index contributed by atoms with van der Waals surface area (Å²) in [6.07, 6.45) is 5.44. The SMILES string of the molecule is C=C1C(=O)O[C@@H]2/C=C(/C)CCC=C3C[C@@H](OC3=O)[C@@H]12. The fourth-order valence-electron chi connectivity index (χ4n) is 2.94. The minimum atomic E-state index is -0.383. The number of rotatable bonds is 0. The quantitative estimate of drug-likeness (QED) is 0.380. The number of ether oxygens (including phenoxy) is 2. The van der Waals surface area contributed by atoms with Gasteiger partial charge in [-0.05, 0) is 25.8 Å². The molecule has 0 spiro atoms. The van der Waals surface area contributed by atoms with Crippen LogP contribution in [-0.4, -0.2) is 24.1 Å². The lowest BCUT2D eigenvalue weighted by Crippen LogP contribution is -2.28. The van der Waals surface area contributed by atoms with Gasteiger partial charge in [0.1, 0.15) is 12.2 Å². The molecule has 3 atom stereocenters. The molecule has 2 fully saturated rings. The van der Waals surface area contributed by atoms with Gasteiger partial charge in [0.25, 0.3) is 0 Å². The Balaban J connectivity index is 2.00. The Morgan fingerprint density at radius 3 is 2.84 bits per heavy atom. The molecule has 3 rings (SSSR count). The van der Waals surface area contributed by atoms with Gasteiger partial charge in [-0.2, -0.15) is 0 Å². The van der Waals surface area contributed by atoms with Crippen LogP contribution in [0.5, 0.6) is 0 Å². The highest BCUT2D eigenvalue weighted by Crippen LogP contribution is 2.39. The van der Waals surface area contributed by atoms with Crippen LogP contribution < -0.4 is 0 Å². The Labute approximate surface area is 111 Å². The van der Waals surface area contributed by atoms with Crippen molar-refractivity contribution in [2.75, 3.05) is 0 Å². The second-order valence-corrected chi connectivity index (χ2v) is 5.35. The molecule has 0 unspecified atom stereocenters. The van der Waals surface area contributed by atoms with Crippen molar-refractivity contribution in [1.82, 2.24) is 0 Å². The minimum absolute atomic E-state index is 0.254. The summed E-state index contributed by atoms with van der Waals surface area (Å²) >= 11 is 0. The summed E-state index contributed by atoms with van der Waals surface area (Å²) in [7, 11) is 0. The van der Waals surface area contributed by atoms with Crippen molar-refractivity contribution in [3.05, 3.63) is 35.5 Å². The average Bonchev–Trinajstić information content (AvgIpc) is 2.81. The summed E-state index contributed by atoms with van der Waals surface area (Å²) in [5, 5.41) is 0. The summed E-state index contributed by atoms with van der Waals surface area (Å²) in [6.45, 7) is 5.81. The summed E-state index contributed by atoms with van der Waals surface area (Å²) < 4.78 is 10.7. The number of hydrogen-bond acceptors (Lipinski definition) is 4. The molecule has 2 aliphatic heterocycles. The van der Waals surface area contributed by atoms with Crippen LogP contribution in [0, 0.1) is 5.92 Å². The first kappa shape index (κ1) is 12.2. The Hall–Kier alpha value is -1.84. The largest absolute Gasteiger partial charge is 0.458 e. The van der Waals surface area contributed by atoms with Crippen LogP contribution in [-0.2, 0) is 19.1 Å². The second kappa shape index (κ2) is 4.37. The van der Waals surface area contributed by atoms with Gasteiger partial charge in [-0.3, -0.25) is 0 Å². The third-order valence-corrected chi connectivity index (χ3v) is 3.98. The predicted octanol–water partition coefficient (Wildman–Crippen LogP) is 2.07. The van der Waals surface area contributed by atoms with Gasteiger partial charge in [0.2, 0.25) is 0 Å². The highest BCUT2D eigenvalue weighted by Gasteiger charge is 2.47. The molecule has 0 aromatic carbocycles. The van der Waals surface area contributed by atoms with E-state index >= 15 is 0 Å². The molecule has 2 heterocycles. The molecule has 4 heteroatoms. The van der Waals surface area contributed by atoms with Gasteiger partial charge in [0.05, 0.1) is 5.92 Å². The first-order valence-electron chi connectivity index (χ1n) is 6.53. The van der Waals surface area contributed by atoms with Gasteiger partial charge >= 0.3 is 11.9 Å². The summed E-state index contributed by atoms with van der Waals surface area (Å²) in [4.78, 5) is 23.5.